The van der Waals surface area contributed by atoms with Crippen LogP contribution in [0.25, 0.3) is 0 Å². The standard InChI is InChI=1S/C34H40N6O2/c35-38-34(39-36)37-32(41)29-13-11-24(12-14-29)23-40(31-21-19-28(20-22-31)26-9-5-2-6-10-26)33(42)30-17-15-27(16-18-30)25-7-3-1-4-8-25/h11-22,25-26,35H,1-10,23,36H2,(H,37,39,41). The van der Waals surface area contributed by atoms with Gasteiger partial charge in [-0.2, -0.15) is 0 Å². The van der Waals surface area contributed by atoms with Crippen molar-refractivity contribution in [3.05, 3.63) is 101 Å². The second-order valence-corrected chi connectivity index (χ2v) is 11.5. The first-order chi connectivity index (χ1) is 20.6. The third-order valence-electron chi connectivity index (χ3n) is 8.77. The number of anilines is 1. The summed E-state index contributed by atoms with van der Waals surface area (Å²) in [5.74, 6) is 5.53. The van der Waals surface area contributed by atoms with Gasteiger partial charge >= 0.3 is 0 Å². The monoisotopic (exact) mass is 564 g/mol. The molecule has 2 saturated carbocycles. The van der Waals surface area contributed by atoms with Crippen molar-refractivity contribution < 1.29 is 9.59 Å². The van der Waals surface area contributed by atoms with E-state index >= 15 is 0 Å². The highest BCUT2D eigenvalue weighted by molar-refractivity contribution is 6.06. The zero-order valence-electron chi connectivity index (χ0n) is 24.1. The van der Waals surface area contributed by atoms with Gasteiger partial charge in [0, 0.05) is 16.8 Å². The average Bonchev–Trinajstić information content (AvgIpc) is 3.07. The molecule has 0 atom stereocenters. The molecule has 42 heavy (non-hydrogen) atoms. The highest BCUT2D eigenvalue weighted by atomic mass is 16.2. The maximum atomic E-state index is 14.0. The number of hydrogen-bond acceptors (Lipinski definition) is 5. The van der Waals surface area contributed by atoms with Crippen LogP contribution in [0, 0.1) is 5.53 Å². The normalized spacial score (nSPS) is 16.5. The van der Waals surface area contributed by atoms with Crippen molar-refractivity contribution in [3.8, 4) is 0 Å². The van der Waals surface area contributed by atoms with Crippen molar-refractivity contribution in [1.29, 1.82) is 5.53 Å². The Balaban J connectivity index is 1.37. The summed E-state index contributed by atoms with van der Waals surface area (Å²) < 4.78 is 0. The number of nitrogens with one attached hydrogen (secondary N) is 2. The number of rotatable bonds is 7. The van der Waals surface area contributed by atoms with Gasteiger partial charge in [-0.05, 0) is 90.6 Å². The van der Waals surface area contributed by atoms with Crippen LogP contribution in [0.4, 0.5) is 5.69 Å². The van der Waals surface area contributed by atoms with E-state index in [2.05, 4.69) is 51.9 Å². The molecular weight excluding hydrogens is 524 g/mol. The molecule has 0 aliphatic heterocycles. The van der Waals surface area contributed by atoms with Gasteiger partial charge in [-0.25, -0.2) is 5.53 Å². The Morgan fingerprint density at radius 2 is 1.24 bits per heavy atom. The Hall–Kier alpha value is -4.33. The zero-order valence-corrected chi connectivity index (χ0v) is 24.1. The highest BCUT2D eigenvalue weighted by Crippen LogP contribution is 2.35. The summed E-state index contributed by atoms with van der Waals surface area (Å²) in [5, 5.41) is 8.73. The maximum absolute atomic E-state index is 14.0. The van der Waals surface area contributed by atoms with E-state index in [0.29, 0.717) is 29.5 Å². The Labute approximate surface area is 247 Å². The fraction of sp³-hybridized carbons (Fsp3) is 0.382. The Morgan fingerprint density at radius 1 is 0.738 bits per heavy atom. The first-order valence-corrected chi connectivity index (χ1v) is 15.1. The number of hydrazone groups is 1. The zero-order chi connectivity index (χ0) is 29.3. The molecule has 0 radical (unpaired) electrons. The summed E-state index contributed by atoms with van der Waals surface area (Å²) >= 11 is 0. The molecule has 218 valence electrons. The van der Waals surface area contributed by atoms with Crippen LogP contribution in [-0.4, -0.2) is 17.8 Å². The lowest BCUT2D eigenvalue weighted by atomic mass is 9.84. The molecule has 0 bridgehead atoms. The molecule has 2 amide bonds. The molecule has 3 aromatic rings. The highest BCUT2D eigenvalue weighted by Gasteiger charge is 2.22. The van der Waals surface area contributed by atoms with E-state index in [1.807, 2.05) is 29.2 Å². The molecule has 0 saturated heterocycles. The molecule has 0 spiro atoms. The predicted molar refractivity (Wildman–Crippen MR) is 166 cm³/mol. The molecule has 5 rings (SSSR count). The summed E-state index contributed by atoms with van der Waals surface area (Å²) in [6.45, 7) is 0.353. The van der Waals surface area contributed by atoms with Crippen molar-refractivity contribution in [1.82, 2.24) is 5.32 Å². The van der Waals surface area contributed by atoms with Crippen LogP contribution in [0.2, 0.25) is 0 Å². The third kappa shape index (κ3) is 7.11. The van der Waals surface area contributed by atoms with E-state index in [1.165, 1.54) is 75.3 Å². The van der Waals surface area contributed by atoms with Crippen molar-refractivity contribution in [2.24, 2.45) is 16.1 Å². The quantitative estimate of drug-likeness (QED) is 0.0899. The number of amides is 2. The van der Waals surface area contributed by atoms with E-state index in [4.69, 9.17) is 11.4 Å². The van der Waals surface area contributed by atoms with Gasteiger partial charge in [0.1, 0.15) is 0 Å². The van der Waals surface area contributed by atoms with Crippen LogP contribution in [-0.2, 0) is 6.54 Å². The summed E-state index contributed by atoms with van der Waals surface area (Å²) in [6.07, 6.45) is 12.6. The Morgan fingerprint density at radius 3 is 1.74 bits per heavy atom. The van der Waals surface area contributed by atoms with Crippen molar-refractivity contribution in [2.75, 3.05) is 4.90 Å². The van der Waals surface area contributed by atoms with Gasteiger partial charge in [0.15, 0.2) is 0 Å². The average molecular weight is 565 g/mol. The van der Waals surface area contributed by atoms with Crippen LogP contribution < -0.4 is 16.1 Å². The number of nitrogens with two attached hydrogens (primary N) is 1. The largest absolute Gasteiger partial charge is 0.320 e. The minimum Gasteiger partial charge on any atom is -0.320 e. The van der Waals surface area contributed by atoms with Crippen LogP contribution >= 0.6 is 0 Å². The van der Waals surface area contributed by atoms with Crippen molar-refractivity contribution in [3.63, 3.8) is 0 Å². The maximum Gasteiger partial charge on any atom is 0.265 e. The molecule has 4 N–H and O–H groups in total. The van der Waals surface area contributed by atoms with Gasteiger partial charge in [-0.1, -0.05) is 74.9 Å². The van der Waals surface area contributed by atoms with E-state index in [0.717, 1.165) is 11.3 Å². The molecule has 2 fully saturated rings. The lowest BCUT2D eigenvalue weighted by Gasteiger charge is -2.26. The van der Waals surface area contributed by atoms with Gasteiger partial charge < -0.3 is 10.7 Å². The topological polar surface area (TPSA) is 124 Å². The Kier molecular flexibility index (Phi) is 9.74. The molecule has 2 aliphatic rings. The van der Waals surface area contributed by atoms with Crippen LogP contribution in [0.5, 0.6) is 0 Å². The predicted octanol–water partition coefficient (Wildman–Crippen LogP) is 7.62. The third-order valence-corrected chi connectivity index (χ3v) is 8.77. The van der Waals surface area contributed by atoms with Crippen LogP contribution in [0.1, 0.15) is 113 Å². The second-order valence-electron chi connectivity index (χ2n) is 11.5. The minimum atomic E-state index is -0.467. The van der Waals surface area contributed by atoms with Gasteiger partial charge in [0.05, 0.1) is 6.54 Å². The molecular formula is C34H40N6O2. The van der Waals surface area contributed by atoms with E-state index in [9.17, 15) is 9.59 Å². The van der Waals surface area contributed by atoms with E-state index in [1.54, 1.807) is 12.1 Å². The SMILES string of the molecule is N=NC(=NN)NC(=O)c1ccc(CN(C(=O)c2ccc(C3CCCCC3)cc2)c2ccc(C3CCCCC3)cc2)cc1. The minimum absolute atomic E-state index is 0.0571. The number of benzene rings is 3. The lowest BCUT2D eigenvalue weighted by molar-refractivity contribution is 0.0970. The van der Waals surface area contributed by atoms with Gasteiger partial charge in [-0.3, -0.25) is 14.9 Å². The molecule has 2 aliphatic carbocycles. The van der Waals surface area contributed by atoms with Crippen LogP contribution in [0.3, 0.4) is 0 Å². The van der Waals surface area contributed by atoms with Crippen molar-refractivity contribution in [2.45, 2.75) is 82.6 Å². The van der Waals surface area contributed by atoms with Gasteiger partial charge in [0.2, 0.25) is 0 Å². The Bertz CT molecular complexity index is 1390. The molecule has 8 heteroatoms. The summed E-state index contributed by atoms with van der Waals surface area (Å²) in [6, 6.07) is 23.7. The number of carbonyl (C=O) groups excluding carboxylic acids is 2. The van der Waals surface area contributed by atoms with E-state index in [-0.39, 0.29) is 11.9 Å². The first kappa shape index (κ1) is 29.2. The molecule has 0 aromatic heterocycles. The van der Waals surface area contributed by atoms with Gasteiger partial charge in [0.25, 0.3) is 17.8 Å². The number of carbonyl (C=O) groups is 2. The smallest absolute Gasteiger partial charge is 0.265 e. The molecule has 0 unspecified atom stereocenters. The molecule has 0 heterocycles. The lowest BCUT2D eigenvalue weighted by Crippen LogP contribution is -2.31. The second kappa shape index (κ2) is 14.0. The summed E-state index contributed by atoms with van der Waals surface area (Å²) in [5.41, 5.74) is 12.4. The number of nitrogens with zero attached hydrogens (tertiary/aromatic N) is 3. The van der Waals surface area contributed by atoms with Gasteiger partial charge in [-0.15, -0.1) is 10.2 Å². The van der Waals surface area contributed by atoms with Crippen molar-refractivity contribution >= 4 is 23.5 Å². The molecule has 3 aromatic carbocycles. The number of guanidine groups is 1. The van der Waals surface area contributed by atoms with Crippen LogP contribution in [0.15, 0.2) is 83.0 Å². The molecule has 8 nitrogen and oxygen atoms in total. The summed E-state index contributed by atoms with van der Waals surface area (Å²) in [7, 11) is 0. The number of hydrogen-bond donors (Lipinski definition) is 3. The first-order valence-electron chi connectivity index (χ1n) is 15.1. The fourth-order valence-electron chi connectivity index (χ4n) is 6.34. The van der Waals surface area contributed by atoms with E-state index < -0.39 is 5.91 Å². The summed E-state index contributed by atoms with van der Waals surface area (Å²) in [4.78, 5) is 28.3. The fourth-order valence-corrected chi connectivity index (χ4v) is 6.34.